The Morgan fingerprint density at radius 1 is 1.17 bits per heavy atom. The Hall–Kier alpha value is -2.71. The van der Waals surface area contributed by atoms with Crippen LogP contribution >= 0.6 is 0 Å². The number of anilines is 1. The number of ether oxygens (including phenoxy) is 1. The van der Waals surface area contributed by atoms with Crippen molar-refractivity contribution in [1.29, 1.82) is 0 Å². The van der Waals surface area contributed by atoms with E-state index in [4.69, 9.17) is 4.74 Å². The molecule has 3 atom stereocenters. The highest BCUT2D eigenvalue weighted by atomic mass is 28.3. The standard InChI is InChI=1S/C27H35N3O4Si/c1-18(2)15-23-27(16-22-24(31)28-12-8-11-21(28)25(32)30(22)23)19-9-6-7-10-20(19)29(26(27)33)17-34-13-14-35(3,4)5/h6-7,9-10,15-16,21,23H,8,11-14,17H2,1-5H3/t21-,23-,27-/m0/s1. The van der Waals surface area contributed by atoms with Gasteiger partial charge in [-0.1, -0.05) is 49.5 Å². The largest absolute Gasteiger partial charge is 0.361 e. The smallest absolute Gasteiger partial charge is 0.270 e. The van der Waals surface area contributed by atoms with Crippen molar-refractivity contribution >= 4 is 31.5 Å². The number of piperazine rings is 1. The molecule has 1 aromatic carbocycles. The van der Waals surface area contributed by atoms with Gasteiger partial charge in [0.05, 0.1) is 11.7 Å². The normalized spacial score (nSPS) is 27.4. The molecule has 0 unspecified atom stereocenters. The van der Waals surface area contributed by atoms with Gasteiger partial charge in [0.2, 0.25) is 5.91 Å². The molecule has 8 heteroatoms. The van der Waals surface area contributed by atoms with E-state index in [-0.39, 0.29) is 24.5 Å². The van der Waals surface area contributed by atoms with Gasteiger partial charge in [-0.15, -0.1) is 0 Å². The molecule has 7 nitrogen and oxygen atoms in total. The summed E-state index contributed by atoms with van der Waals surface area (Å²) in [6.07, 6.45) is 5.25. The first-order valence-corrected chi connectivity index (χ1v) is 16.3. The van der Waals surface area contributed by atoms with Gasteiger partial charge >= 0.3 is 0 Å². The molecule has 35 heavy (non-hydrogen) atoms. The van der Waals surface area contributed by atoms with Crippen molar-refractivity contribution in [2.24, 2.45) is 0 Å². The van der Waals surface area contributed by atoms with Crippen LogP contribution in [0.4, 0.5) is 5.69 Å². The lowest BCUT2D eigenvalue weighted by Gasteiger charge is -2.40. The highest BCUT2D eigenvalue weighted by Gasteiger charge is 2.63. The summed E-state index contributed by atoms with van der Waals surface area (Å²) in [6, 6.07) is 7.71. The minimum atomic E-state index is -1.26. The van der Waals surface area contributed by atoms with Gasteiger partial charge in [0.1, 0.15) is 23.9 Å². The van der Waals surface area contributed by atoms with E-state index in [1.54, 1.807) is 20.8 Å². The zero-order valence-electron chi connectivity index (χ0n) is 21.3. The minimum absolute atomic E-state index is 0.0807. The highest BCUT2D eigenvalue weighted by molar-refractivity contribution is 6.76. The monoisotopic (exact) mass is 493 g/mol. The number of amides is 3. The number of carbonyl (C=O) groups excluding carboxylic acids is 3. The van der Waals surface area contributed by atoms with Crippen LogP contribution in [0.3, 0.4) is 0 Å². The molecule has 0 bridgehead atoms. The summed E-state index contributed by atoms with van der Waals surface area (Å²) >= 11 is 0. The van der Waals surface area contributed by atoms with Crippen molar-refractivity contribution in [3.05, 3.63) is 53.3 Å². The summed E-state index contributed by atoms with van der Waals surface area (Å²) in [5, 5.41) is 0. The van der Waals surface area contributed by atoms with Crippen molar-refractivity contribution in [3.63, 3.8) is 0 Å². The van der Waals surface area contributed by atoms with Crippen LogP contribution in [0.5, 0.6) is 0 Å². The van der Waals surface area contributed by atoms with Crippen LogP contribution in [-0.4, -0.2) is 67.6 Å². The Kier molecular flexibility index (Phi) is 5.79. The Balaban J connectivity index is 1.58. The molecular formula is C27H35N3O4Si. The molecule has 1 spiro atoms. The molecule has 0 aromatic heterocycles. The summed E-state index contributed by atoms with van der Waals surface area (Å²) in [6.45, 7) is 12.2. The van der Waals surface area contributed by atoms with E-state index in [0.717, 1.165) is 29.3 Å². The molecule has 2 saturated heterocycles. The van der Waals surface area contributed by atoms with Gasteiger partial charge in [-0.3, -0.25) is 24.2 Å². The van der Waals surface area contributed by atoms with E-state index in [9.17, 15) is 14.4 Å². The molecule has 4 aliphatic rings. The zero-order valence-corrected chi connectivity index (χ0v) is 22.3. The van der Waals surface area contributed by atoms with Crippen molar-refractivity contribution < 1.29 is 19.1 Å². The maximum Gasteiger partial charge on any atom is 0.270 e. The number of para-hydroxylation sites is 1. The summed E-state index contributed by atoms with van der Waals surface area (Å²) in [7, 11) is -1.26. The van der Waals surface area contributed by atoms with E-state index in [1.165, 1.54) is 0 Å². The van der Waals surface area contributed by atoms with Gasteiger partial charge in [0, 0.05) is 21.2 Å². The lowest BCUT2D eigenvalue weighted by Crippen LogP contribution is -2.59. The van der Waals surface area contributed by atoms with Gasteiger partial charge in [0.15, 0.2) is 0 Å². The Morgan fingerprint density at radius 3 is 2.63 bits per heavy atom. The average molecular weight is 494 g/mol. The van der Waals surface area contributed by atoms with Crippen molar-refractivity contribution in [1.82, 2.24) is 9.80 Å². The molecule has 0 N–H and O–H groups in total. The SMILES string of the molecule is CC(C)=C[C@@H]1N2C(=O)[C@@H]3CCCN3C(=O)C2=C[C@@]12C(=O)N(COCC[Si](C)(C)C)c1ccccc12. The second kappa shape index (κ2) is 8.45. The summed E-state index contributed by atoms with van der Waals surface area (Å²) in [4.78, 5) is 46.5. The zero-order chi connectivity index (χ0) is 25.1. The van der Waals surface area contributed by atoms with Gasteiger partial charge in [-0.25, -0.2) is 0 Å². The molecule has 0 saturated carbocycles. The number of carbonyl (C=O) groups is 3. The molecule has 2 fully saturated rings. The number of rotatable bonds is 6. The Bertz CT molecular complexity index is 1150. The fourth-order valence-corrected chi connectivity index (χ4v) is 6.59. The quantitative estimate of drug-likeness (QED) is 0.345. The lowest BCUT2D eigenvalue weighted by atomic mass is 9.75. The number of allylic oxidation sites excluding steroid dienone is 1. The van der Waals surface area contributed by atoms with Gasteiger partial charge in [-0.05, 0) is 50.4 Å². The molecule has 1 aromatic rings. The molecule has 4 heterocycles. The van der Waals surface area contributed by atoms with Crippen molar-refractivity contribution in [3.8, 4) is 0 Å². The lowest BCUT2D eigenvalue weighted by molar-refractivity contribution is -0.149. The fourth-order valence-electron chi connectivity index (χ4n) is 5.83. The number of benzene rings is 1. The van der Waals surface area contributed by atoms with Crippen LogP contribution in [-0.2, 0) is 24.5 Å². The topological polar surface area (TPSA) is 70.2 Å². The molecule has 4 aliphatic heterocycles. The van der Waals surface area contributed by atoms with Gasteiger partial charge < -0.3 is 9.64 Å². The maximum absolute atomic E-state index is 14.3. The second-order valence-electron chi connectivity index (χ2n) is 11.6. The molecule has 186 valence electrons. The van der Waals surface area contributed by atoms with Gasteiger partial charge in [-0.2, -0.15) is 0 Å². The number of hydrogen-bond donors (Lipinski definition) is 0. The first-order chi connectivity index (χ1) is 16.6. The molecule has 5 rings (SSSR count). The fraction of sp³-hybridized carbons (Fsp3) is 0.519. The van der Waals surface area contributed by atoms with E-state index in [2.05, 4.69) is 19.6 Å². The van der Waals surface area contributed by atoms with Crippen LogP contribution in [0.2, 0.25) is 25.7 Å². The van der Waals surface area contributed by atoms with Crippen molar-refractivity contribution in [2.45, 2.75) is 69.9 Å². The number of nitrogens with zero attached hydrogens (tertiary/aromatic N) is 3. The third-order valence-electron chi connectivity index (χ3n) is 7.57. The minimum Gasteiger partial charge on any atom is -0.361 e. The molecular weight excluding hydrogens is 458 g/mol. The van der Waals surface area contributed by atoms with Crippen LogP contribution in [0.1, 0.15) is 32.3 Å². The van der Waals surface area contributed by atoms with Gasteiger partial charge in [0.25, 0.3) is 11.8 Å². The maximum atomic E-state index is 14.3. The Labute approximate surface area is 208 Å². The van der Waals surface area contributed by atoms with Crippen molar-refractivity contribution in [2.75, 3.05) is 24.8 Å². The first-order valence-electron chi connectivity index (χ1n) is 12.6. The molecule has 0 radical (unpaired) electrons. The third-order valence-corrected chi connectivity index (χ3v) is 9.28. The van der Waals surface area contributed by atoms with E-state index in [1.807, 2.05) is 44.2 Å². The predicted octanol–water partition coefficient (Wildman–Crippen LogP) is 3.65. The summed E-state index contributed by atoms with van der Waals surface area (Å²) in [5.74, 6) is -0.369. The van der Waals surface area contributed by atoms with Crippen LogP contribution in [0, 0.1) is 0 Å². The predicted molar refractivity (Wildman–Crippen MR) is 137 cm³/mol. The van der Waals surface area contributed by atoms with Crippen LogP contribution in [0.25, 0.3) is 0 Å². The van der Waals surface area contributed by atoms with E-state index in [0.29, 0.717) is 25.3 Å². The second-order valence-corrected chi connectivity index (χ2v) is 17.2. The Morgan fingerprint density at radius 2 is 1.91 bits per heavy atom. The number of hydrogen-bond acceptors (Lipinski definition) is 4. The molecule has 3 amide bonds. The van der Waals surface area contributed by atoms with Crippen LogP contribution in [0.15, 0.2) is 47.7 Å². The van der Waals surface area contributed by atoms with E-state index >= 15 is 0 Å². The average Bonchev–Trinajstić information content (AvgIpc) is 3.46. The number of fused-ring (bicyclic) bond motifs is 4. The van der Waals surface area contributed by atoms with E-state index < -0.39 is 25.6 Å². The highest BCUT2D eigenvalue weighted by Crippen LogP contribution is 2.53. The summed E-state index contributed by atoms with van der Waals surface area (Å²) < 4.78 is 6.01. The molecule has 0 aliphatic carbocycles. The van der Waals surface area contributed by atoms with Crippen LogP contribution < -0.4 is 4.90 Å². The first kappa shape index (κ1) is 24.0. The summed E-state index contributed by atoms with van der Waals surface area (Å²) in [5.41, 5.74) is 1.79. The third kappa shape index (κ3) is 3.69.